The van der Waals surface area contributed by atoms with E-state index in [0.29, 0.717) is 16.4 Å². The van der Waals surface area contributed by atoms with Crippen LogP contribution in [-0.4, -0.2) is 49.0 Å². The van der Waals surface area contributed by atoms with Gasteiger partial charge in [-0.15, -0.1) is 0 Å². The van der Waals surface area contributed by atoms with Crippen molar-refractivity contribution in [1.82, 2.24) is 9.88 Å². The maximum absolute atomic E-state index is 12.4. The molecule has 1 aromatic heterocycles. The Balaban J connectivity index is 1.71. The molecule has 2 aromatic rings. The summed E-state index contributed by atoms with van der Waals surface area (Å²) < 4.78 is 0. The van der Waals surface area contributed by atoms with Gasteiger partial charge < -0.3 is 15.1 Å². The van der Waals surface area contributed by atoms with Gasteiger partial charge in [-0.05, 0) is 43.4 Å². The van der Waals surface area contributed by atoms with Crippen LogP contribution in [0.3, 0.4) is 0 Å². The largest absolute Gasteiger partial charge is 0.354 e. The van der Waals surface area contributed by atoms with E-state index in [2.05, 4.69) is 27.1 Å². The van der Waals surface area contributed by atoms with Crippen molar-refractivity contribution in [3.63, 3.8) is 0 Å². The molecule has 1 aliphatic heterocycles. The van der Waals surface area contributed by atoms with Gasteiger partial charge >= 0.3 is 0 Å². The van der Waals surface area contributed by atoms with Crippen LogP contribution >= 0.6 is 11.6 Å². The van der Waals surface area contributed by atoms with Crippen LogP contribution in [0.15, 0.2) is 42.5 Å². The summed E-state index contributed by atoms with van der Waals surface area (Å²) in [5.41, 5.74) is 1.11. The molecule has 1 aliphatic rings. The summed E-state index contributed by atoms with van der Waals surface area (Å²) in [4.78, 5) is 21.3. The standard InChI is InChI=1S/C17H19ClN4O/c1-21-9-11-22(12-10-21)16-4-2-3-15(20-16)17(23)19-14-7-5-13(18)6-8-14/h2-8H,9-12H2,1H3,(H,19,23). The average molecular weight is 331 g/mol. The predicted octanol–water partition coefficient (Wildman–Crippen LogP) is 2.74. The number of nitrogens with zero attached hydrogens (tertiary/aromatic N) is 3. The smallest absolute Gasteiger partial charge is 0.274 e. The molecule has 1 aromatic carbocycles. The molecule has 1 amide bonds. The fraction of sp³-hybridized carbons (Fsp3) is 0.294. The lowest BCUT2D eigenvalue weighted by Gasteiger charge is -2.33. The number of piperazine rings is 1. The van der Waals surface area contributed by atoms with Gasteiger partial charge in [0.15, 0.2) is 0 Å². The van der Waals surface area contributed by atoms with Gasteiger partial charge in [-0.25, -0.2) is 4.98 Å². The molecule has 0 atom stereocenters. The van der Waals surface area contributed by atoms with E-state index < -0.39 is 0 Å². The highest BCUT2D eigenvalue weighted by Gasteiger charge is 2.16. The second-order valence-corrected chi connectivity index (χ2v) is 6.07. The number of anilines is 2. The highest BCUT2D eigenvalue weighted by atomic mass is 35.5. The van der Waals surface area contributed by atoms with Crippen LogP contribution < -0.4 is 10.2 Å². The number of likely N-dealkylation sites (N-methyl/N-ethyl adjacent to an activating group) is 1. The quantitative estimate of drug-likeness (QED) is 0.940. The van der Waals surface area contributed by atoms with Crippen molar-refractivity contribution in [2.24, 2.45) is 0 Å². The Labute approximate surface area is 140 Å². The van der Waals surface area contributed by atoms with Crippen molar-refractivity contribution >= 4 is 29.0 Å². The van der Waals surface area contributed by atoms with Crippen molar-refractivity contribution in [2.45, 2.75) is 0 Å². The van der Waals surface area contributed by atoms with Crippen LogP contribution in [0, 0.1) is 0 Å². The fourth-order valence-corrected chi connectivity index (χ4v) is 2.62. The summed E-state index contributed by atoms with van der Waals surface area (Å²) >= 11 is 5.85. The summed E-state index contributed by atoms with van der Waals surface area (Å²) in [5.74, 6) is 0.630. The molecule has 2 heterocycles. The molecule has 0 spiro atoms. The zero-order valence-electron chi connectivity index (χ0n) is 13.0. The topological polar surface area (TPSA) is 48.5 Å². The van der Waals surface area contributed by atoms with E-state index in [0.717, 1.165) is 32.0 Å². The second-order valence-electron chi connectivity index (χ2n) is 5.63. The molecule has 3 rings (SSSR count). The zero-order chi connectivity index (χ0) is 16.2. The maximum atomic E-state index is 12.4. The number of hydrogen-bond donors (Lipinski definition) is 1. The van der Waals surface area contributed by atoms with Crippen LogP contribution in [-0.2, 0) is 0 Å². The van der Waals surface area contributed by atoms with E-state index in [1.807, 2.05) is 12.1 Å². The van der Waals surface area contributed by atoms with Gasteiger partial charge in [0.05, 0.1) is 0 Å². The van der Waals surface area contributed by atoms with Gasteiger partial charge in [0.1, 0.15) is 11.5 Å². The molecule has 1 saturated heterocycles. The SMILES string of the molecule is CN1CCN(c2cccc(C(=O)Nc3ccc(Cl)cc3)n2)CC1. The molecule has 23 heavy (non-hydrogen) atoms. The fourth-order valence-electron chi connectivity index (χ4n) is 2.49. The minimum Gasteiger partial charge on any atom is -0.354 e. The Morgan fingerprint density at radius 3 is 2.48 bits per heavy atom. The number of hydrogen-bond acceptors (Lipinski definition) is 4. The number of amides is 1. The number of nitrogens with one attached hydrogen (secondary N) is 1. The van der Waals surface area contributed by atoms with E-state index in [9.17, 15) is 4.79 Å². The molecular weight excluding hydrogens is 312 g/mol. The van der Waals surface area contributed by atoms with E-state index in [1.165, 1.54) is 0 Å². The first-order valence-electron chi connectivity index (χ1n) is 7.59. The van der Waals surface area contributed by atoms with Crippen LogP contribution in [0.1, 0.15) is 10.5 Å². The van der Waals surface area contributed by atoms with Crippen molar-refractivity contribution < 1.29 is 4.79 Å². The summed E-state index contributed by atoms with van der Waals surface area (Å²) in [7, 11) is 2.11. The van der Waals surface area contributed by atoms with Crippen LogP contribution in [0.5, 0.6) is 0 Å². The first-order valence-corrected chi connectivity index (χ1v) is 7.97. The Bertz CT molecular complexity index is 681. The van der Waals surface area contributed by atoms with Crippen molar-refractivity contribution in [1.29, 1.82) is 0 Å². The second kappa shape index (κ2) is 6.98. The number of carbonyl (C=O) groups excluding carboxylic acids is 1. The Hall–Kier alpha value is -2.11. The summed E-state index contributed by atoms with van der Waals surface area (Å²) in [6.45, 7) is 3.85. The molecule has 5 nitrogen and oxygen atoms in total. The first kappa shape index (κ1) is 15.8. The molecule has 0 saturated carbocycles. The maximum Gasteiger partial charge on any atom is 0.274 e. The Morgan fingerprint density at radius 2 is 1.78 bits per heavy atom. The molecule has 6 heteroatoms. The highest BCUT2D eigenvalue weighted by Crippen LogP contribution is 2.16. The summed E-state index contributed by atoms with van der Waals surface area (Å²) in [5, 5.41) is 3.47. The number of rotatable bonds is 3. The van der Waals surface area contributed by atoms with Crippen molar-refractivity contribution in [2.75, 3.05) is 43.4 Å². The molecule has 0 radical (unpaired) electrons. The highest BCUT2D eigenvalue weighted by molar-refractivity contribution is 6.30. The van der Waals surface area contributed by atoms with Gasteiger partial charge in [-0.3, -0.25) is 4.79 Å². The number of carbonyl (C=O) groups is 1. The third-order valence-corrected chi connectivity index (χ3v) is 4.15. The first-order chi connectivity index (χ1) is 11.1. The third kappa shape index (κ3) is 4.00. The van der Waals surface area contributed by atoms with Crippen molar-refractivity contribution in [3.8, 4) is 0 Å². The van der Waals surface area contributed by atoms with Gasteiger partial charge in [0.2, 0.25) is 0 Å². The van der Waals surface area contributed by atoms with Gasteiger partial charge in [0, 0.05) is 36.9 Å². The van der Waals surface area contributed by atoms with Gasteiger partial charge in [-0.2, -0.15) is 0 Å². The van der Waals surface area contributed by atoms with E-state index in [4.69, 9.17) is 11.6 Å². The van der Waals surface area contributed by atoms with Gasteiger partial charge in [-0.1, -0.05) is 17.7 Å². The number of pyridine rings is 1. The summed E-state index contributed by atoms with van der Waals surface area (Å²) in [6.07, 6.45) is 0. The lowest BCUT2D eigenvalue weighted by atomic mass is 10.2. The Kier molecular flexibility index (Phi) is 4.79. The predicted molar refractivity (Wildman–Crippen MR) is 93.4 cm³/mol. The Morgan fingerprint density at radius 1 is 1.09 bits per heavy atom. The van der Waals surface area contributed by atoms with E-state index >= 15 is 0 Å². The van der Waals surface area contributed by atoms with Crippen LogP contribution in [0.4, 0.5) is 11.5 Å². The molecule has 120 valence electrons. The van der Waals surface area contributed by atoms with Crippen molar-refractivity contribution in [3.05, 3.63) is 53.2 Å². The lowest BCUT2D eigenvalue weighted by Crippen LogP contribution is -2.44. The van der Waals surface area contributed by atoms with Crippen LogP contribution in [0.25, 0.3) is 0 Å². The van der Waals surface area contributed by atoms with Gasteiger partial charge in [0.25, 0.3) is 5.91 Å². The average Bonchev–Trinajstić information content (AvgIpc) is 2.58. The van der Waals surface area contributed by atoms with Crippen LogP contribution in [0.2, 0.25) is 5.02 Å². The van der Waals surface area contributed by atoms with E-state index in [-0.39, 0.29) is 5.91 Å². The van der Waals surface area contributed by atoms with E-state index in [1.54, 1.807) is 30.3 Å². The monoisotopic (exact) mass is 330 g/mol. The summed E-state index contributed by atoms with van der Waals surface area (Å²) in [6, 6.07) is 12.6. The minimum absolute atomic E-state index is 0.219. The lowest BCUT2D eigenvalue weighted by molar-refractivity contribution is 0.102. The number of aromatic nitrogens is 1. The normalized spacial score (nSPS) is 15.5. The zero-order valence-corrected chi connectivity index (χ0v) is 13.8. The molecule has 0 aliphatic carbocycles. The minimum atomic E-state index is -0.219. The molecule has 1 N–H and O–H groups in total. The number of halogens is 1. The third-order valence-electron chi connectivity index (χ3n) is 3.90. The molecule has 1 fully saturated rings. The molecule has 0 bridgehead atoms. The molecule has 0 unspecified atom stereocenters. The molecular formula is C17H19ClN4O. The number of benzene rings is 1.